The number of carbonyl (C=O) groups is 1. The fraction of sp³-hybridized carbons (Fsp3) is 0.529. The molecule has 1 N–H and O–H groups in total. The predicted molar refractivity (Wildman–Crippen MR) is 93.5 cm³/mol. The lowest BCUT2D eigenvalue weighted by Crippen LogP contribution is -2.48. The Bertz CT molecular complexity index is 792. The molecule has 1 fully saturated rings. The molecule has 1 saturated carbocycles. The zero-order chi connectivity index (χ0) is 18.7. The summed E-state index contributed by atoms with van der Waals surface area (Å²) >= 11 is 0. The molecule has 9 nitrogen and oxygen atoms in total. The van der Waals surface area contributed by atoms with Gasteiger partial charge in [0, 0.05) is 0 Å². The van der Waals surface area contributed by atoms with E-state index in [-0.39, 0.29) is 0 Å². The molecule has 1 aromatic heterocycles. The van der Waals surface area contributed by atoms with Crippen LogP contribution in [0.1, 0.15) is 49.1 Å². The van der Waals surface area contributed by atoms with E-state index in [2.05, 4.69) is 20.8 Å². The highest BCUT2D eigenvalue weighted by molar-refractivity contribution is 5.69. The van der Waals surface area contributed by atoms with Crippen molar-refractivity contribution in [2.24, 2.45) is 5.29 Å². The van der Waals surface area contributed by atoms with Gasteiger partial charge in [-0.3, -0.25) is 4.79 Å². The number of carboxylic acids is 1. The van der Waals surface area contributed by atoms with Gasteiger partial charge in [-0.2, -0.15) is 4.68 Å². The van der Waals surface area contributed by atoms with Crippen molar-refractivity contribution in [1.29, 1.82) is 0 Å². The normalized spacial score (nSPS) is 16.2. The maximum atomic E-state index is 11.6. The second kappa shape index (κ2) is 7.19. The maximum Gasteiger partial charge on any atom is 0.325 e. The fourth-order valence-electron chi connectivity index (χ4n) is 3.89. The Morgan fingerprint density at radius 2 is 1.92 bits per heavy atom. The summed E-state index contributed by atoms with van der Waals surface area (Å²) in [5.74, 6) is -0.643. The number of carboxylic acid groups (broad SMARTS) is 1. The Morgan fingerprint density at radius 1 is 1.27 bits per heavy atom. The number of aliphatic carboxylic acids is 1. The van der Waals surface area contributed by atoms with Crippen molar-refractivity contribution in [2.75, 3.05) is 6.54 Å². The van der Waals surface area contributed by atoms with Crippen LogP contribution in [0.15, 0.2) is 23.5 Å². The SMILES string of the molecule is Cc1cccc(C)c1-n1nnnc1C1(N(CC(=O)O)N=O)CCCCC1. The van der Waals surface area contributed by atoms with Gasteiger partial charge in [0.1, 0.15) is 12.1 Å². The molecule has 26 heavy (non-hydrogen) atoms. The van der Waals surface area contributed by atoms with Gasteiger partial charge in [-0.05, 0) is 48.2 Å². The molecule has 0 amide bonds. The molecule has 0 saturated heterocycles. The lowest BCUT2D eigenvalue weighted by molar-refractivity contribution is -0.141. The number of aromatic nitrogens is 4. The van der Waals surface area contributed by atoms with Crippen molar-refractivity contribution in [3.05, 3.63) is 40.1 Å². The molecule has 0 spiro atoms. The van der Waals surface area contributed by atoms with Gasteiger partial charge >= 0.3 is 5.97 Å². The number of aryl methyl sites for hydroxylation is 2. The first-order chi connectivity index (χ1) is 12.5. The molecule has 0 radical (unpaired) electrons. The van der Waals surface area contributed by atoms with Crippen LogP contribution in [0.4, 0.5) is 0 Å². The van der Waals surface area contributed by atoms with Gasteiger partial charge in [0.05, 0.1) is 11.0 Å². The Morgan fingerprint density at radius 3 is 2.50 bits per heavy atom. The van der Waals surface area contributed by atoms with Crippen molar-refractivity contribution in [2.45, 2.75) is 51.5 Å². The first kappa shape index (κ1) is 18.0. The topological polar surface area (TPSA) is 114 Å². The molecular formula is C17H22N6O3. The first-order valence-electron chi connectivity index (χ1n) is 8.68. The van der Waals surface area contributed by atoms with Crippen LogP contribution in [0.2, 0.25) is 0 Å². The highest BCUT2D eigenvalue weighted by atomic mass is 16.4. The molecule has 0 bridgehead atoms. The molecule has 0 aliphatic heterocycles. The number of nitroso groups, excluding NO2 is 1. The van der Waals surface area contributed by atoms with Crippen molar-refractivity contribution >= 4 is 5.97 Å². The number of rotatable bonds is 6. The number of hydrogen-bond donors (Lipinski definition) is 1. The third-order valence-electron chi connectivity index (χ3n) is 5.10. The van der Waals surface area contributed by atoms with Gasteiger partial charge < -0.3 is 5.11 Å². The number of nitrogens with zero attached hydrogens (tertiary/aromatic N) is 6. The summed E-state index contributed by atoms with van der Waals surface area (Å²) in [4.78, 5) is 22.8. The quantitative estimate of drug-likeness (QED) is 0.623. The highest BCUT2D eigenvalue weighted by Crippen LogP contribution is 2.42. The molecule has 1 aliphatic carbocycles. The van der Waals surface area contributed by atoms with Crippen molar-refractivity contribution in [3.8, 4) is 5.69 Å². The number of hydrogen-bond acceptors (Lipinski definition) is 6. The molecule has 2 aromatic rings. The molecule has 138 valence electrons. The van der Waals surface area contributed by atoms with Gasteiger partial charge in [-0.1, -0.05) is 37.5 Å². The van der Waals surface area contributed by atoms with Crippen LogP contribution in [-0.4, -0.2) is 42.8 Å². The van der Waals surface area contributed by atoms with E-state index in [1.807, 2.05) is 32.0 Å². The largest absolute Gasteiger partial charge is 0.480 e. The van der Waals surface area contributed by atoms with Crippen LogP contribution in [0.25, 0.3) is 5.69 Å². The highest BCUT2D eigenvalue weighted by Gasteiger charge is 2.46. The zero-order valence-electron chi connectivity index (χ0n) is 14.9. The standard InChI is InChI=1S/C17H22N6O3/c1-12-7-6-8-13(2)15(12)23-16(18-19-20-23)17(9-4-3-5-10-17)22(21-26)11-14(24)25/h6-8H,3-5,9-11H2,1-2H3,(H,24,25). The molecule has 1 aromatic carbocycles. The lowest BCUT2D eigenvalue weighted by atomic mass is 9.80. The van der Waals surface area contributed by atoms with Gasteiger partial charge in [0.2, 0.25) is 0 Å². The average molecular weight is 358 g/mol. The molecule has 9 heteroatoms. The minimum atomic E-state index is -1.11. The summed E-state index contributed by atoms with van der Waals surface area (Å²) in [6.45, 7) is 3.45. The van der Waals surface area contributed by atoms with Crippen LogP contribution in [0.5, 0.6) is 0 Å². The second-order valence-corrected chi connectivity index (χ2v) is 6.78. The van der Waals surface area contributed by atoms with Crippen LogP contribution >= 0.6 is 0 Å². The smallest absolute Gasteiger partial charge is 0.325 e. The van der Waals surface area contributed by atoms with E-state index in [0.717, 1.165) is 41.1 Å². The number of benzene rings is 1. The Labute approximate surface area is 150 Å². The number of para-hydroxylation sites is 1. The average Bonchev–Trinajstić information content (AvgIpc) is 3.10. The fourth-order valence-corrected chi connectivity index (χ4v) is 3.89. The molecule has 0 unspecified atom stereocenters. The van der Waals surface area contributed by atoms with Crippen LogP contribution in [0.3, 0.4) is 0 Å². The van der Waals surface area contributed by atoms with Crippen LogP contribution in [-0.2, 0) is 10.3 Å². The number of tetrazole rings is 1. The molecule has 0 atom stereocenters. The summed E-state index contributed by atoms with van der Waals surface area (Å²) < 4.78 is 1.63. The minimum Gasteiger partial charge on any atom is -0.480 e. The maximum absolute atomic E-state index is 11.6. The summed E-state index contributed by atoms with van der Waals surface area (Å²) in [7, 11) is 0. The minimum absolute atomic E-state index is 0.468. The molecular weight excluding hydrogens is 336 g/mol. The van der Waals surface area contributed by atoms with Crippen LogP contribution in [0, 0.1) is 18.8 Å². The van der Waals surface area contributed by atoms with E-state index < -0.39 is 18.1 Å². The zero-order valence-corrected chi connectivity index (χ0v) is 14.9. The van der Waals surface area contributed by atoms with E-state index in [9.17, 15) is 14.8 Å². The third kappa shape index (κ3) is 3.04. The van der Waals surface area contributed by atoms with Crippen LogP contribution < -0.4 is 0 Å². The molecule has 1 aliphatic rings. The first-order valence-corrected chi connectivity index (χ1v) is 8.68. The summed E-state index contributed by atoms with van der Waals surface area (Å²) in [6, 6.07) is 5.89. The van der Waals surface area contributed by atoms with Gasteiger partial charge in [-0.15, -0.1) is 10.0 Å². The Balaban J connectivity index is 2.17. The predicted octanol–water partition coefficient (Wildman–Crippen LogP) is 2.51. The monoisotopic (exact) mass is 358 g/mol. The van der Waals surface area contributed by atoms with E-state index >= 15 is 0 Å². The molecule has 1 heterocycles. The van der Waals surface area contributed by atoms with E-state index in [1.165, 1.54) is 0 Å². The summed E-state index contributed by atoms with van der Waals surface area (Å²) in [5, 5.41) is 25.6. The van der Waals surface area contributed by atoms with Crippen molar-refractivity contribution in [3.63, 3.8) is 0 Å². The Kier molecular flexibility index (Phi) is 4.97. The van der Waals surface area contributed by atoms with E-state index in [0.29, 0.717) is 18.7 Å². The second-order valence-electron chi connectivity index (χ2n) is 6.78. The van der Waals surface area contributed by atoms with Gasteiger partial charge in [0.25, 0.3) is 0 Å². The van der Waals surface area contributed by atoms with Gasteiger partial charge in [-0.25, -0.2) is 5.01 Å². The summed E-state index contributed by atoms with van der Waals surface area (Å²) in [6.07, 6.45) is 3.89. The third-order valence-corrected chi connectivity index (χ3v) is 5.10. The van der Waals surface area contributed by atoms with E-state index in [1.54, 1.807) is 4.68 Å². The van der Waals surface area contributed by atoms with E-state index in [4.69, 9.17) is 0 Å². The van der Waals surface area contributed by atoms with Crippen molar-refractivity contribution in [1.82, 2.24) is 25.2 Å². The Hall–Kier alpha value is -2.84. The molecule has 3 rings (SSSR count). The van der Waals surface area contributed by atoms with Crippen molar-refractivity contribution < 1.29 is 9.90 Å². The lowest BCUT2D eigenvalue weighted by Gasteiger charge is -2.41. The summed E-state index contributed by atoms with van der Waals surface area (Å²) in [5.41, 5.74) is 1.91. The van der Waals surface area contributed by atoms with Gasteiger partial charge in [0.15, 0.2) is 5.82 Å².